The Labute approximate surface area is 75.8 Å². The molecule has 0 aliphatic carbocycles. The molecule has 1 N–H and O–H groups in total. The number of nitrogens with one attached hydrogen (secondary N) is 1. The van der Waals surface area contributed by atoms with Gasteiger partial charge in [-0.2, -0.15) is 0 Å². The van der Waals surface area contributed by atoms with Gasteiger partial charge in [-0.15, -0.1) is 0 Å². The van der Waals surface area contributed by atoms with Crippen molar-refractivity contribution < 1.29 is 9.18 Å². The molecular formula is C10H10FNO. The van der Waals surface area contributed by atoms with E-state index in [1.165, 1.54) is 12.1 Å². The maximum absolute atomic E-state index is 12.6. The zero-order chi connectivity index (χ0) is 9.26. The van der Waals surface area contributed by atoms with E-state index in [1.54, 1.807) is 12.1 Å². The van der Waals surface area contributed by atoms with Crippen molar-refractivity contribution in [2.75, 3.05) is 6.54 Å². The van der Waals surface area contributed by atoms with E-state index in [9.17, 15) is 9.18 Å². The Hall–Kier alpha value is -1.38. The Morgan fingerprint density at radius 2 is 2.00 bits per heavy atom. The summed E-state index contributed by atoms with van der Waals surface area (Å²) in [6.07, 6.45) is 0.519. The molecule has 0 aromatic heterocycles. The minimum atomic E-state index is -0.235. The van der Waals surface area contributed by atoms with Gasteiger partial charge in [-0.1, -0.05) is 12.1 Å². The Kier molecular flexibility index (Phi) is 2.00. The molecule has 0 radical (unpaired) electrons. The molecule has 13 heavy (non-hydrogen) atoms. The first-order valence-electron chi connectivity index (χ1n) is 4.28. The van der Waals surface area contributed by atoms with E-state index in [2.05, 4.69) is 5.32 Å². The van der Waals surface area contributed by atoms with Crippen LogP contribution in [0.25, 0.3) is 0 Å². The van der Waals surface area contributed by atoms with Crippen molar-refractivity contribution in [3.8, 4) is 0 Å². The molecule has 1 aromatic carbocycles. The Balaban J connectivity index is 2.17. The smallest absolute Gasteiger partial charge is 0.220 e. The summed E-state index contributed by atoms with van der Waals surface area (Å²) < 4.78 is 12.6. The third-order valence-electron chi connectivity index (χ3n) is 2.32. The molecule has 2 nitrogen and oxygen atoms in total. The van der Waals surface area contributed by atoms with E-state index in [-0.39, 0.29) is 17.6 Å². The first-order chi connectivity index (χ1) is 6.25. The number of rotatable bonds is 1. The van der Waals surface area contributed by atoms with Gasteiger partial charge in [-0.25, -0.2) is 4.39 Å². The average Bonchev–Trinajstić information content (AvgIpc) is 2.53. The maximum Gasteiger partial charge on any atom is 0.220 e. The third kappa shape index (κ3) is 1.69. The van der Waals surface area contributed by atoms with E-state index in [1.807, 2.05) is 0 Å². The summed E-state index contributed by atoms with van der Waals surface area (Å²) in [5.74, 6) is 0.0588. The van der Waals surface area contributed by atoms with Crippen LogP contribution in [-0.2, 0) is 4.79 Å². The van der Waals surface area contributed by atoms with Crippen LogP contribution in [-0.4, -0.2) is 12.5 Å². The summed E-state index contributed by atoms with van der Waals surface area (Å²) >= 11 is 0. The van der Waals surface area contributed by atoms with Crippen LogP contribution in [0.2, 0.25) is 0 Å². The highest BCUT2D eigenvalue weighted by Crippen LogP contribution is 2.22. The zero-order valence-corrected chi connectivity index (χ0v) is 7.09. The normalized spacial score (nSPS) is 21.6. The van der Waals surface area contributed by atoms with E-state index < -0.39 is 0 Å². The summed E-state index contributed by atoms with van der Waals surface area (Å²) in [7, 11) is 0. The van der Waals surface area contributed by atoms with E-state index in [0.29, 0.717) is 13.0 Å². The lowest BCUT2D eigenvalue weighted by atomic mass is 9.98. The molecule has 0 saturated carbocycles. The molecule has 1 fully saturated rings. The fourth-order valence-corrected chi connectivity index (χ4v) is 1.58. The minimum absolute atomic E-state index is 0.0781. The summed E-state index contributed by atoms with van der Waals surface area (Å²) in [5.41, 5.74) is 1.03. The van der Waals surface area contributed by atoms with Crippen molar-refractivity contribution >= 4 is 5.91 Å². The second-order valence-electron chi connectivity index (χ2n) is 3.26. The van der Waals surface area contributed by atoms with Crippen molar-refractivity contribution in [3.05, 3.63) is 35.6 Å². The second-order valence-corrected chi connectivity index (χ2v) is 3.26. The Bertz CT molecular complexity index is 320. The van der Waals surface area contributed by atoms with Gasteiger partial charge >= 0.3 is 0 Å². The molecule has 3 heteroatoms. The van der Waals surface area contributed by atoms with Gasteiger partial charge in [0.1, 0.15) is 5.82 Å². The molecule has 1 atom stereocenters. The van der Waals surface area contributed by atoms with Crippen molar-refractivity contribution in [1.82, 2.24) is 5.32 Å². The first kappa shape index (κ1) is 8.23. The number of amides is 1. The lowest BCUT2D eigenvalue weighted by Crippen LogP contribution is -2.13. The van der Waals surface area contributed by atoms with Gasteiger partial charge in [0.15, 0.2) is 0 Å². The van der Waals surface area contributed by atoms with Crippen LogP contribution in [0.4, 0.5) is 4.39 Å². The number of benzene rings is 1. The molecular weight excluding hydrogens is 169 g/mol. The van der Waals surface area contributed by atoms with Crippen LogP contribution in [0.1, 0.15) is 17.9 Å². The fourth-order valence-electron chi connectivity index (χ4n) is 1.58. The van der Waals surface area contributed by atoms with Crippen LogP contribution in [0.15, 0.2) is 24.3 Å². The lowest BCUT2D eigenvalue weighted by molar-refractivity contribution is -0.119. The summed E-state index contributed by atoms with van der Waals surface area (Å²) in [4.78, 5) is 10.9. The highest BCUT2D eigenvalue weighted by Gasteiger charge is 2.22. The van der Waals surface area contributed by atoms with E-state index in [0.717, 1.165) is 5.56 Å². The number of carbonyl (C=O) groups excluding carboxylic acids is 1. The van der Waals surface area contributed by atoms with Gasteiger partial charge in [0.25, 0.3) is 0 Å². The van der Waals surface area contributed by atoms with E-state index >= 15 is 0 Å². The summed E-state index contributed by atoms with van der Waals surface area (Å²) in [5, 5.41) is 2.75. The van der Waals surface area contributed by atoms with Crippen molar-refractivity contribution in [2.24, 2.45) is 0 Å². The van der Waals surface area contributed by atoms with Gasteiger partial charge < -0.3 is 5.32 Å². The Morgan fingerprint density at radius 1 is 1.31 bits per heavy atom. The lowest BCUT2D eigenvalue weighted by Gasteiger charge is -2.06. The fraction of sp³-hybridized carbons (Fsp3) is 0.300. The number of halogens is 1. The molecule has 1 aliphatic rings. The molecule has 2 rings (SSSR count). The summed E-state index contributed by atoms with van der Waals surface area (Å²) in [6, 6.07) is 6.33. The molecule has 68 valence electrons. The number of hydrogen-bond acceptors (Lipinski definition) is 1. The third-order valence-corrected chi connectivity index (χ3v) is 2.32. The molecule has 1 amide bonds. The van der Waals surface area contributed by atoms with Gasteiger partial charge in [0, 0.05) is 18.9 Å². The minimum Gasteiger partial charge on any atom is -0.355 e. The maximum atomic E-state index is 12.6. The summed E-state index contributed by atoms with van der Waals surface area (Å²) in [6.45, 7) is 0.671. The Morgan fingerprint density at radius 3 is 2.54 bits per heavy atom. The highest BCUT2D eigenvalue weighted by molar-refractivity contribution is 5.79. The predicted octanol–water partition coefficient (Wildman–Crippen LogP) is 1.43. The van der Waals surface area contributed by atoms with Crippen molar-refractivity contribution in [3.63, 3.8) is 0 Å². The molecule has 0 spiro atoms. The second kappa shape index (κ2) is 3.17. The van der Waals surface area contributed by atoms with Crippen LogP contribution in [0.3, 0.4) is 0 Å². The van der Waals surface area contributed by atoms with E-state index in [4.69, 9.17) is 0 Å². The predicted molar refractivity (Wildman–Crippen MR) is 46.8 cm³/mol. The van der Waals surface area contributed by atoms with Crippen LogP contribution in [0, 0.1) is 5.82 Å². The molecule has 1 saturated heterocycles. The average molecular weight is 179 g/mol. The SMILES string of the molecule is O=C1CC(c2ccc(F)cc2)CN1. The quantitative estimate of drug-likeness (QED) is 0.694. The zero-order valence-electron chi connectivity index (χ0n) is 7.09. The van der Waals surface area contributed by atoms with Crippen LogP contribution < -0.4 is 5.32 Å². The van der Waals surface area contributed by atoms with Crippen LogP contribution >= 0.6 is 0 Å². The standard InChI is InChI=1S/C10H10FNO/c11-9-3-1-7(2-4-9)8-5-10(13)12-6-8/h1-4,8H,5-6H2,(H,12,13). The van der Waals surface area contributed by atoms with Crippen LogP contribution in [0.5, 0.6) is 0 Å². The topological polar surface area (TPSA) is 29.1 Å². The number of hydrogen-bond donors (Lipinski definition) is 1. The first-order valence-corrected chi connectivity index (χ1v) is 4.28. The highest BCUT2D eigenvalue weighted by atomic mass is 19.1. The molecule has 1 aromatic rings. The van der Waals surface area contributed by atoms with Crippen molar-refractivity contribution in [1.29, 1.82) is 0 Å². The molecule has 0 bridgehead atoms. The molecule has 1 unspecified atom stereocenters. The number of carbonyl (C=O) groups is 1. The molecule has 1 aliphatic heterocycles. The van der Waals surface area contributed by atoms with Crippen molar-refractivity contribution in [2.45, 2.75) is 12.3 Å². The van der Waals surface area contributed by atoms with Gasteiger partial charge in [-0.3, -0.25) is 4.79 Å². The largest absolute Gasteiger partial charge is 0.355 e. The van der Waals surface area contributed by atoms with Gasteiger partial charge in [0.2, 0.25) is 5.91 Å². The van der Waals surface area contributed by atoms with Gasteiger partial charge in [-0.05, 0) is 17.7 Å². The molecule has 1 heterocycles. The van der Waals surface area contributed by atoms with Gasteiger partial charge in [0.05, 0.1) is 0 Å². The monoisotopic (exact) mass is 179 g/mol.